The molecule has 0 aromatic heterocycles. The Morgan fingerprint density at radius 1 is 1.07 bits per heavy atom. The maximum absolute atomic E-state index is 11.8. The smallest absolute Gasteiger partial charge is 0.251 e. The summed E-state index contributed by atoms with van der Waals surface area (Å²) >= 11 is 0. The molecule has 0 atom stereocenters. The molecular weight excluding hydrogens is 362 g/mol. The first kappa shape index (κ1) is 22.3. The number of aryl methyl sites for hydroxylation is 1. The minimum Gasteiger partial charge on any atom is -0.370 e. The van der Waals surface area contributed by atoms with Gasteiger partial charge in [-0.1, -0.05) is 30.3 Å². The van der Waals surface area contributed by atoms with Gasteiger partial charge in [-0.2, -0.15) is 0 Å². The molecule has 1 amide bonds. The molecule has 6 heteroatoms. The van der Waals surface area contributed by atoms with Crippen LogP contribution in [-0.4, -0.2) is 52.1 Å². The molecule has 29 heavy (non-hydrogen) atoms. The number of para-hydroxylation sites is 1. The Bertz CT molecular complexity index is 818. The molecule has 0 saturated heterocycles. The van der Waals surface area contributed by atoms with Crippen molar-refractivity contribution in [1.82, 2.24) is 16.0 Å². The summed E-state index contributed by atoms with van der Waals surface area (Å²) in [4.78, 5) is 18.4. The third-order valence-electron chi connectivity index (χ3n) is 4.86. The van der Waals surface area contributed by atoms with E-state index in [1.54, 1.807) is 14.1 Å². The predicted octanol–water partition coefficient (Wildman–Crippen LogP) is 2.59. The van der Waals surface area contributed by atoms with E-state index >= 15 is 0 Å². The Kier molecular flexibility index (Phi) is 9.02. The van der Waals surface area contributed by atoms with Crippen molar-refractivity contribution in [3.8, 4) is 0 Å². The van der Waals surface area contributed by atoms with Gasteiger partial charge in [0, 0.05) is 51.5 Å². The van der Waals surface area contributed by atoms with E-state index in [2.05, 4.69) is 64.0 Å². The third-order valence-corrected chi connectivity index (χ3v) is 4.86. The second-order valence-corrected chi connectivity index (χ2v) is 6.82. The summed E-state index contributed by atoms with van der Waals surface area (Å²) in [7, 11) is 3.42. The number of aliphatic imine (C=N–C) groups is 1. The van der Waals surface area contributed by atoms with Gasteiger partial charge < -0.3 is 20.9 Å². The van der Waals surface area contributed by atoms with Crippen LogP contribution in [0.5, 0.6) is 0 Å². The second-order valence-electron chi connectivity index (χ2n) is 6.82. The minimum atomic E-state index is -0.0635. The van der Waals surface area contributed by atoms with E-state index in [9.17, 15) is 4.79 Å². The first-order valence-corrected chi connectivity index (χ1v) is 10.1. The molecule has 2 rings (SSSR count). The van der Waals surface area contributed by atoms with Crippen LogP contribution in [0.15, 0.2) is 53.5 Å². The van der Waals surface area contributed by atoms with E-state index in [1.807, 2.05) is 24.3 Å². The van der Waals surface area contributed by atoms with Crippen molar-refractivity contribution < 1.29 is 4.79 Å². The Balaban J connectivity index is 1.79. The topological polar surface area (TPSA) is 68.8 Å². The molecule has 2 aromatic rings. The number of rotatable bonds is 9. The van der Waals surface area contributed by atoms with Gasteiger partial charge >= 0.3 is 0 Å². The number of anilines is 1. The quantitative estimate of drug-likeness (QED) is 0.451. The summed E-state index contributed by atoms with van der Waals surface area (Å²) < 4.78 is 0. The number of hydrogen-bond acceptors (Lipinski definition) is 3. The maximum atomic E-state index is 11.8. The van der Waals surface area contributed by atoms with E-state index in [4.69, 9.17) is 0 Å². The molecule has 0 saturated carbocycles. The zero-order valence-electron chi connectivity index (χ0n) is 18.0. The van der Waals surface area contributed by atoms with Crippen molar-refractivity contribution in [2.24, 2.45) is 4.99 Å². The molecule has 0 unspecified atom stereocenters. The molecule has 3 N–H and O–H groups in total. The number of benzene rings is 2. The molecule has 0 aliphatic rings. The number of likely N-dealkylation sites (N-methyl/N-ethyl adjacent to an activating group) is 1. The van der Waals surface area contributed by atoms with Crippen molar-refractivity contribution in [1.29, 1.82) is 0 Å². The molecule has 0 spiro atoms. The fourth-order valence-corrected chi connectivity index (χ4v) is 3.23. The Labute approximate surface area is 174 Å². The van der Waals surface area contributed by atoms with Crippen LogP contribution < -0.4 is 20.9 Å². The first-order chi connectivity index (χ1) is 14.1. The lowest BCUT2D eigenvalue weighted by molar-refractivity contribution is 0.0963. The van der Waals surface area contributed by atoms with Crippen LogP contribution in [0.25, 0.3) is 0 Å². The summed E-state index contributed by atoms with van der Waals surface area (Å²) in [6, 6.07) is 16.2. The molecule has 2 aromatic carbocycles. The molecule has 156 valence electrons. The summed E-state index contributed by atoms with van der Waals surface area (Å²) in [6.45, 7) is 7.72. The van der Waals surface area contributed by atoms with Gasteiger partial charge in [0.2, 0.25) is 0 Å². The van der Waals surface area contributed by atoms with Gasteiger partial charge in [-0.25, -0.2) is 0 Å². The number of carbonyl (C=O) groups excluding carboxylic acids is 1. The molecule has 0 aliphatic carbocycles. The van der Waals surface area contributed by atoms with Crippen LogP contribution >= 0.6 is 0 Å². The Hall–Kier alpha value is -3.02. The summed E-state index contributed by atoms with van der Waals surface area (Å²) in [6.07, 6.45) is 0.815. The number of nitrogens with zero attached hydrogens (tertiary/aromatic N) is 2. The van der Waals surface area contributed by atoms with E-state index in [0.29, 0.717) is 5.56 Å². The average molecular weight is 396 g/mol. The van der Waals surface area contributed by atoms with Crippen molar-refractivity contribution >= 4 is 17.6 Å². The number of carbonyl (C=O) groups is 1. The summed E-state index contributed by atoms with van der Waals surface area (Å²) in [5, 5.41) is 9.38. The molecule has 0 aliphatic heterocycles. The second kappa shape index (κ2) is 11.7. The van der Waals surface area contributed by atoms with Gasteiger partial charge in [-0.3, -0.25) is 9.79 Å². The number of hydrogen-bond donors (Lipinski definition) is 3. The van der Waals surface area contributed by atoms with E-state index in [0.717, 1.165) is 44.1 Å². The molecule has 0 radical (unpaired) electrons. The van der Waals surface area contributed by atoms with Crippen molar-refractivity contribution in [3.05, 3.63) is 65.2 Å². The molecule has 0 bridgehead atoms. The summed E-state index contributed by atoms with van der Waals surface area (Å²) in [5.74, 6) is 0.722. The lowest BCUT2D eigenvalue weighted by Crippen LogP contribution is -2.42. The van der Waals surface area contributed by atoms with Gasteiger partial charge in [0.1, 0.15) is 0 Å². The van der Waals surface area contributed by atoms with Gasteiger partial charge in [-0.15, -0.1) is 0 Å². The maximum Gasteiger partial charge on any atom is 0.251 e. The van der Waals surface area contributed by atoms with Crippen molar-refractivity contribution in [3.63, 3.8) is 0 Å². The Morgan fingerprint density at radius 3 is 2.52 bits per heavy atom. The zero-order valence-corrected chi connectivity index (χ0v) is 18.0. The summed E-state index contributed by atoms with van der Waals surface area (Å²) in [5.41, 5.74) is 4.36. The van der Waals surface area contributed by atoms with E-state index < -0.39 is 0 Å². The third kappa shape index (κ3) is 6.82. The van der Waals surface area contributed by atoms with Gasteiger partial charge in [0.05, 0.1) is 0 Å². The van der Waals surface area contributed by atoms with Crippen molar-refractivity contribution in [2.45, 2.75) is 20.3 Å². The normalized spacial score (nSPS) is 11.1. The van der Waals surface area contributed by atoms with Crippen LogP contribution in [-0.2, 0) is 6.42 Å². The molecule has 0 heterocycles. The SMILES string of the molecule is CCN(CCNC(=NC)NCCc1cccc(C(=O)NC)c1)c1ccccc1C. The van der Waals surface area contributed by atoms with Crippen LogP contribution in [0.4, 0.5) is 5.69 Å². The predicted molar refractivity (Wildman–Crippen MR) is 122 cm³/mol. The monoisotopic (exact) mass is 395 g/mol. The highest BCUT2D eigenvalue weighted by Gasteiger charge is 2.07. The number of nitrogens with one attached hydrogen (secondary N) is 3. The highest BCUT2D eigenvalue weighted by Crippen LogP contribution is 2.18. The lowest BCUT2D eigenvalue weighted by Gasteiger charge is -2.25. The average Bonchev–Trinajstić information content (AvgIpc) is 2.76. The largest absolute Gasteiger partial charge is 0.370 e. The van der Waals surface area contributed by atoms with Gasteiger partial charge in [0.15, 0.2) is 5.96 Å². The molecular formula is C23H33N5O. The molecule has 0 fully saturated rings. The van der Waals surface area contributed by atoms with Crippen LogP contribution in [0.2, 0.25) is 0 Å². The Morgan fingerprint density at radius 2 is 1.83 bits per heavy atom. The minimum absolute atomic E-state index is 0.0635. The van der Waals surface area contributed by atoms with Crippen molar-refractivity contribution in [2.75, 3.05) is 45.2 Å². The lowest BCUT2D eigenvalue weighted by atomic mass is 10.1. The molecule has 6 nitrogen and oxygen atoms in total. The fraction of sp³-hybridized carbons (Fsp3) is 0.391. The number of amides is 1. The fourth-order valence-electron chi connectivity index (χ4n) is 3.23. The van der Waals surface area contributed by atoms with Gasteiger partial charge in [-0.05, 0) is 49.6 Å². The van der Waals surface area contributed by atoms with E-state index in [1.165, 1.54) is 11.3 Å². The van der Waals surface area contributed by atoms with Crippen LogP contribution in [0, 0.1) is 6.92 Å². The first-order valence-electron chi connectivity index (χ1n) is 10.1. The number of guanidine groups is 1. The zero-order chi connectivity index (χ0) is 21.1. The van der Waals surface area contributed by atoms with Crippen LogP contribution in [0.1, 0.15) is 28.4 Å². The highest BCUT2D eigenvalue weighted by molar-refractivity contribution is 5.94. The van der Waals surface area contributed by atoms with Crippen LogP contribution in [0.3, 0.4) is 0 Å². The van der Waals surface area contributed by atoms with Gasteiger partial charge in [0.25, 0.3) is 5.91 Å². The highest BCUT2D eigenvalue weighted by atomic mass is 16.1. The standard InChI is InChI=1S/C23H33N5O/c1-5-28(21-12-7-6-9-18(21)2)16-15-27-23(25-4)26-14-13-19-10-8-11-20(17-19)22(29)24-3/h6-12,17H,5,13-16H2,1-4H3,(H,24,29)(H2,25,26,27). The van der Waals surface area contributed by atoms with E-state index in [-0.39, 0.29) is 5.91 Å².